The van der Waals surface area contributed by atoms with Crippen molar-refractivity contribution < 1.29 is 4.74 Å². The molecule has 0 amide bonds. The lowest BCUT2D eigenvalue weighted by Gasteiger charge is -2.06. The number of methoxy groups -OCH3 is 1. The molecule has 0 fully saturated rings. The van der Waals surface area contributed by atoms with Gasteiger partial charge in [-0.1, -0.05) is 25.4 Å². The van der Waals surface area contributed by atoms with E-state index in [0.717, 1.165) is 16.1 Å². The van der Waals surface area contributed by atoms with Crippen molar-refractivity contribution in [3.8, 4) is 16.6 Å². The Labute approximate surface area is 131 Å². The van der Waals surface area contributed by atoms with E-state index in [2.05, 4.69) is 35.0 Å². The van der Waals surface area contributed by atoms with Crippen molar-refractivity contribution in [3.63, 3.8) is 0 Å². The molecule has 4 nitrogen and oxygen atoms in total. The van der Waals surface area contributed by atoms with E-state index in [1.54, 1.807) is 13.2 Å². The monoisotopic (exact) mass is 318 g/mol. The zero-order valence-corrected chi connectivity index (χ0v) is 13.4. The summed E-state index contributed by atoms with van der Waals surface area (Å²) >= 11 is 7.83. The fourth-order valence-electron chi connectivity index (χ4n) is 1.90. The molecule has 0 aliphatic rings. The van der Waals surface area contributed by atoms with E-state index in [4.69, 9.17) is 16.3 Å². The Morgan fingerprint density at radius 2 is 2.10 bits per heavy atom. The van der Waals surface area contributed by atoms with E-state index in [1.807, 2.05) is 11.4 Å². The number of nitrogens with zero attached hydrogens (tertiary/aromatic N) is 3. The minimum atomic E-state index is 0.378. The third kappa shape index (κ3) is 2.59. The second-order valence-electron chi connectivity index (χ2n) is 4.87. The van der Waals surface area contributed by atoms with Crippen LogP contribution in [-0.2, 0) is 0 Å². The molecule has 2 heterocycles. The Balaban J connectivity index is 2.13. The number of fused-ring (bicyclic) bond motifs is 1. The molecule has 2 aromatic heterocycles. The molecular formula is C15H13ClN3OS. The largest absolute Gasteiger partial charge is 0.495 e. The van der Waals surface area contributed by atoms with Crippen molar-refractivity contribution in [2.75, 3.05) is 7.11 Å². The average molecular weight is 319 g/mol. The summed E-state index contributed by atoms with van der Waals surface area (Å²) < 4.78 is 5.21. The molecule has 0 atom stereocenters. The highest BCUT2D eigenvalue weighted by molar-refractivity contribution is 7.13. The standard InChI is InChI=1S/C15H13ClN3OS/c1-8(2)10-7-21-15(18-10)14-17-6-9-4-5-11(20-3)12(16)13(9)19-14/h4-5,7-8H,1-3H3. The molecule has 0 N–H and O–H groups in total. The van der Waals surface area contributed by atoms with Crippen LogP contribution in [0.4, 0.5) is 0 Å². The first-order valence-corrected chi connectivity index (χ1v) is 7.73. The van der Waals surface area contributed by atoms with Gasteiger partial charge < -0.3 is 4.74 Å². The van der Waals surface area contributed by atoms with E-state index in [9.17, 15) is 0 Å². The number of ether oxygens (including phenoxy) is 1. The molecule has 107 valence electrons. The molecule has 1 aromatic carbocycles. The SMILES string of the molecule is COc1ccc2[c]nc(-c3nc(C(C)C)cs3)nc2c1Cl. The smallest absolute Gasteiger partial charge is 0.190 e. The van der Waals surface area contributed by atoms with Crippen LogP contribution in [0, 0.1) is 6.20 Å². The Kier molecular flexibility index (Phi) is 3.78. The first-order chi connectivity index (χ1) is 10.1. The fraction of sp³-hybridized carbons (Fsp3) is 0.267. The molecule has 0 bridgehead atoms. The first kappa shape index (κ1) is 14.2. The van der Waals surface area contributed by atoms with Gasteiger partial charge in [0.25, 0.3) is 0 Å². The molecule has 0 saturated carbocycles. The summed E-state index contributed by atoms with van der Waals surface area (Å²) in [5.41, 5.74) is 1.66. The Morgan fingerprint density at radius 3 is 2.76 bits per heavy atom. The van der Waals surface area contributed by atoms with E-state index in [0.29, 0.717) is 28.0 Å². The van der Waals surface area contributed by atoms with Gasteiger partial charge in [-0.25, -0.2) is 15.0 Å². The van der Waals surface area contributed by atoms with Gasteiger partial charge in [-0.3, -0.25) is 0 Å². The number of thiazole rings is 1. The third-order valence-corrected chi connectivity index (χ3v) is 4.33. The van der Waals surface area contributed by atoms with Crippen LogP contribution in [0.2, 0.25) is 5.02 Å². The molecule has 0 aliphatic heterocycles. The van der Waals surface area contributed by atoms with Crippen LogP contribution in [0.1, 0.15) is 25.5 Å². The minimum Gasteiger partial charge on any atom is -0.495 e. The van der Waals surface area contributed by atoms with Crippen molar-refractivity contribution in [2.45, 2.75) is 19.8 Å². The molecule has 3 aromatic rings. The second kappa shape index (κ2) is 5.58. The van der Waals surface area contributed by atoms with Gasteiger partial charge in [0.15, 0.2) is 10.8 Å². The highest BCUT2D eigenvalue weighted by Gasteiger charge is 2.13. The average Bonchev–Trinajstić information content (AvgIpc) is 2.97. The lowest BCUT2D eigenvalue weighted by atomic mass is 10.2. The quantitative estimate of drug-likeness (QED) is 0.720. The van der Waals surface area contributed by atoms with Gasteiger partial charge in [0, 0.05) is 10.8 Å². The number of rotatable bonds is 3. The van der Waals surface area contributed by atoms with E-state index < -0.39 is 0 Å². The molecule has 0 unspecified atom stereocenters. The Bertz CT molecular complexity index is 801. The molecular weight excluding hydrogens is 306 g/mol. The summed E-state index contributed by atoms with van der Waals surface area (Å²) in [6.45, 7) is 4.21. The molecule has 21 heavy (non-hydrogen) atoms. The summed E-state index contributed by atoms with van der Waals surface area (Å²) in [4.78, 5) is 13.3. The highest BCUT2D eigenvalue weighted by atomic mass is 35.5. The molecule has 6 heteroatoms. The number of benzene rings is 1. The van der Waals surface area contributed by atoms with Gasteiger partial charge in [0.2, 0.25) is 0 Å². The molecule has 0 aliphatic carbocycles. The van der Waals surface area contributed by atoms with Crippen LogP contribution in [0.25, 0.3) is 21.7 Å². The van der Waals surface area contributed by atoms with Crippen LogP contribution in [0.5, 0.6) is 5.75 Å². The summed E-state index contributed by atoms with van der Waals surface area (Å²) in [7, 11) is 1.58. The van der Waals surface area contributed by atoms with Crippen molar-refractivity contribution in [1.29, 1.82) is 0 Å². The number of hydrogen-bond donors (Lipinski definition) is 0. The number of hydrogen-bond acceptors (Lipinski definition) is 5. The molecule has 0 spiro atoms. The minimum absolute atomic E-state index is 0.378. The molecule has 0 saturated heterocycles. The predicted octanol–water partition coefficient (Wildman–Crippen LogP) is 4.34. The van der Waals surface area contributed by atoms with Crippen LogP contribution < -0.4 is 4.74 Å². The van der Waals surface area contributed by atoms with Crippen molar-refractivity contribution >= 4 is 33.8 Å². The third-order valence-electron chi connectivity index (χ3n) is 3.11. The summed E-state index contributed by atoms with van der Waals surface area (Å²) in [6, 6.07) is 3.62. The van der Waals surface area contributed by atoms with E-state index in [-0.39, 0.29) is 0 Å². The zero-order chi connectivity index (χ0) is 15.0. The van der Waals surface area contributed by atoms with E-state index >= 15 is 0 Å². The zero-order valence-electron chi connectivity index (χ0n) is 11.8. The van der Waals surface area contributed by atoms with Crippen molar-refractivity contribution in [3.05, 3.63) is 34.4 Å². The Hall–Kier alpha value is -1.72. The van der Waals surface area contributed by atoms with Gasteiger partial charge in [-0.2, -0.15) is 0 Å². The van der Waals surface area contributed by atoms with Gasteiger partial charge in [-0.15, -0.1) is 11.3 Å². The predicted molar refractivity (Wildman–Crippen MR) is 85.1 cm³/mol. The normalized spacial score (nSPS) is 11.3. The van der Waals surface area contributed by atoms with Crippen molar-refractivity contribution in [2.24, 2.45) is 0 Å². The van der Waals surface area contributed by atoms with Gasteiger partial charge in [0.05, 0.1) is 18.3 Å². The van der Waals surface area contributed by atoms with Crippen molar-refractivity contribution in [1.82, 2.24) is 15.0 Å². The van der Waals surface area contributed by atoms with Crippen LogP contribution in [-0.4, -0.2) is 22.1 Å². The number of halogens is 1. The lowest BCUT2D eigenvalue weighted by molar-refractivity contribution is 0.415. The second-order valence-corrected chi connectivity index (χ2v) is 6.11. The maximum absolute atomic E-state index is 6.30. The molecule has 3 rings (SSSR count). The lowest BCUT2D eigenvalue weighted by Crippen LogP contribution is -1.93. The van der Waals surface area contributed by atoms with Gasteiger partial charge >= 0.3 is 0 Å². The van der Waals surface area contributed by atoms with Crippen LogP contribution >= 0.6 is 22.9 Å². The molecule has 1 radical (unpaired) electrons. The van der Waals surface area contributed by atoms with Gasteiger partial charge in [0.1, 0.15) is 17.0 Å². The fourth-order valence-corrected chi connectivity index (χ4v) is 3.09. The van der Waals surface area contributed by atoms with Gasteiger partial charge in [-0.05, 0) is 18.1 Å². The maximum atomic E-state index is 6.30. The van der Waals surface area contributed by atoms with Crippen LogP contribution in [0.3, 0.4) is 0 Å². The van der Waals surface area contributed by atoms with E-state index in [1.165, 1.54) is 11.3 Å². The summed E-state index contributed by atoms with van der Waals surface area (Å²) in [5, 5.41) is 4.03. The summed E-state index contributed by atoms with van der Waals surface area (Å²) in [5.74, 6) is 1.50. The topological polar surface area (TPSA) is 47.9 Å². The number of aromatic nitrogens is 3. The van der Waals surface area contributed by atoms with Crippen LogP contribution in [0.15, 0.2) is 17.5 Å². The Morgan fingerprint density at radius 1 is 1.29 bits per heavy atom. The first-order valence-electron chi connectivity index (χ1n) is 6.48. The summed E-state index contributed by atoms with van der Waals surface area (Å²) in [6.07, 6.45) is 2.96. The maximum Gasteiger partial charge on any atom is 0.190 e. The highest BCUT2D eigenvalue weighted by Crippen LogP contribution is 2.32.